The minimum atomic E-state index is -2.68. The molecule has 0 radical (unpaired) electrons. The second-order valence-corrected chi connectivity index (χ2v) is 11.8. The minimum absolute atomic E-state index is 0.186. The second-order valence-electron chi connectivity index (χ2n) is 11.8. The van der Waals surface area contributed by atoms with Gasteiger partial charge in [0.1, 0.15) is 11.6 Å². The Hall–Kier alpha value is -2.49. The van der Waals surface area contributed by atoms with E-state index >= 15 is 0 Å². The number of carbonyl (C=O) groups excluding carboxylic acids is 1. The fraction of sp³-hybridized carbons (Fsp3) is 0.714. The van der Waals surface area contributed by atoms with Crippen molar-refractivity contribution in [3.05, 3.63) is 41.5 Å². The Kier molecular flexibility index (Phi) is 7.80. The van der Waals surface area contributed by atoms with Crippen LogP contribution in [0.1, 0.15) is 107 Å². The van der Waals surface area contributed by atoms with Gasteiger partial charge in [0.15, 0.2) is 0 Å². The average Bonchev–Trinajstić information content (AvgIpc) is 3.37. The summed E-state index contributed by atoms with van der Waals surface area (Å²) in [5.74, 6) is -1.52. The van der Waals surface area contributed by atoms with Gasteiger partial charge in [0.2, 0.25) is 17.8 Å². The summed E-state index contributed by atoms with van der Waals surface area (Å²) in [6, 6.07) is 3.90. The van der Waals surface area contributed by atoms with E-state index in [0.29, 0.717) is 30.5 Å². The maximum atomic E-state index is 13.6. The zero-order chi connectivity index (χ0) is 27.0. The zero-order valence-corrected chi connectivity index (χ0v) is 22.5. The van der Waals surface area contributed by atoms with E-state index in [9.17, 15) is 18.0 Å². The van der Waals surface area contributed by atoms with Crippen LogP contribution in [-0.2, 0) is 4.79 Å². The first-order valence-electron chi connectivity index (χ1n) is 14.1. The summed E-state index contributed by atoms with van der Waals surface area (Å²) in [7, 11) is 0. The van der Waals surface area contributed by atoms with Crippen LogP contribution in [0.3, 0.4) is 0 Å². The van der Waals surface area contributed by atoms with Crippen molar-refractivity contribution in [1.82, 2.24) is 30.0 Å². The lowest BCUT2D eigenvalue weighted by Crippen LogP contribution is -2.45. The molecule has 10 heteroatoms. The molecule has 1 N–H and O–H groups in total. The van der Waals surface area contributed by atoms with Crippen LogP contribution < -0.4 is 5.32 Å². The molecule has 3 fully saturated rings. The molecule has 0 spiro atoms. The Balaban J connectivity index is 1.25. The van der Waals surface area contributed by atoms with Gasteiger partial charge in [0, 0.05) is 55.5 Å². The summed E-state index contributed by atoms with van der Waals surface area (Å²) in [6.45, 7) is 7.14. The van der Waals surface area contributed by atoms with E-state index in [1.165, 1.54) is 12.3 Å². The lowest BCUT2D eigenvalue weighted by Gasteiger charge is -2.40. The molecule has 2 bridgehead atoms. The van der Waals surface area contributed by atoms with Gasteiger partial charge in [-0.15, -0.1) is 10.2 Å². The number of alkyl halides is 2. The van der Waals surface area contributed by atoms with Crippen molar-refractivity contribution in [3.63, 3.8) is 0 Å². The topological polar surface area (TPSA) is 75.9 Å². The fourth-order valence-corrected chi connectivity index (χ4v) is 6.84. The third-order valence-electron chi connectivity index (χ3n) is 8.87. The van der Waals surface area contributed by atoms with Crippen LogP contribution in [0.15, 0.2) is 18.3 Å². The quantitative estimate of drug-likeness (QED) is 0.456. The maximum absolute atomic E-state index is 13.6. The summed E-state index contributed by atoms with van der Waals surface area (Å²) in [6.07, 6.45) is 6.36. The first-order chi connectivity index (χ1) is 18.1. The lowest BCUT2D eigenvalue weighted by molar-refractivity contribution is -0.130. The van der Waals surface area contributed by atoms with Gasteiger partial charge in [-0.25, -0.2) is 13.8 Å². The van der Waals surface area contributed by atoms with Gasteiger partial charge < -0.3 is 9.88 Å². The number of fused-ring (bicyclic) bond motifs is 2. The summed E-state index contributed by atoms with van der Waals surface area (Å²) in [5, 5.41) is 11.9. The summed E-state index contributed by atoms with van der Waals surface area (Å²) in [4.78, 5) is 19.4. The van der Waals surface area contributed by atoms with Gasteiger partial charge >= 0.3 is 0 Å². The minimum Gasteiger partial charge on any atom is -0.349 e. The number of pyridine rings is 1. The van der Waals surface area contributed by atoms with Gasteiger partial charge in [0.25, 0.3) is 0 Å². The van der Waals surface area contributed by atoms with E-state index in [4.69, 9.17) is 0 Å². The Morgan fingerprint density at radius 3 is 2.37 bits per heavy atom. The Morgan fingerprint density at radius 2 is 1.76 bits per heavy atom. The Labute approximate surface area is 222 Å². The number of aromatic nitrogens is 4. The van der Waals surface area contributed by atoms with Gasteiger partial charge in [-0.2, -0.15) is 4.39 Å². The van der Waals surface area contributed by atoms with Crippen molar-refractivity contribution < 1.29 is 18.0 Å². The highest BCUT2D eigenvalue weighted by molar-refractivity contribution is 5.79. The number of hydrogen-bond donors (Lipinski definition) is 1. The highest BCUT2D eigenvalue weighted by Gasteiger charge is 2.42. The molecule has 2 saturated heterocycles. The standard InChI is InChI=1S/C28H39F3N6O/c1-17(2)26-35-34-18(3)37(26)23-14-21-5-6-22(15-23)36(21)13-10-24(20-4-7-25(29)32-16-20)33-27(38)19-8-11-28(30,31)12-9-19/h4,7,16-17,19,21-24H,5-6,8-15H2,1-3H3,(H,33,38)/t21?,22?,23?,24-/m0/s1. The number of halogens is 3. The van der Waals surface area contributed by atoms with E-state index in [1.807, 2.05) is 6.92 Å². The van der Waals surface area contributed by atoms with Gasteiger partial charge in [-0.1, -0.05) is 19.9 Å². The molecule has 2 aliphatic heterocycles. The molecular formula is C28H39F3N6O. The van der Waals surface area contributed by atoms with Crippen LogP contribution in [0.25, 0.3) is 0 Å². The molecule has 2 aromatic heterocycles. The number of nitrogens with one attached hydrogen (secondary N) is 1. The molecule has 4 heterocycles. The average molecular weight is 533 g/mol. The number of piperidine rings is 1. The van der Waals surface area contributed by atoms with Crippen molar-refractivity contribution in [1.29, 1.82) is 0 Å². The third-order valence-corrected chi connectivity index (χ3v) is 8.87. The van der Waals surface area contributed by atoms with Crippen molar-refractivity contribution >= 4 is 5.91 Å². The molecule has 2 aromatic rings. The van der Waals surface area contributed by atoms with Crippen molar-refractivity contribution in [2.24, 2.45) is 5.92 Å². The highest BCUT2D eigenvalue weighted by Crippen LogP contribution is 2.42. The van der Waals surface area contributed by atoms with E-state index < -0.39 is 17.8 Å². The summed E-state index contributed by atoms with van der Waals surface area (Å²) in [5.41, 5.74) is 0.741. The molecule has 1 aliphatic carbocycles. The molecule has 5 rings (SSSR count). The number of aryl methyl sites for hydroxylation is 1. The van der Waals surface area contributed by atoms with Gasteiger partial charge in [-0.3, -0.25) is 9.69 Å². The molecule has 3 aliphatic rings. The molecule has 3 atom stereocenters. The molecule has 38 heavy (non-hydrogen) atoms. The van der Waals surface area contributed by atoms with Crippen molar-refractivity contribution in [2.75, 3.05) is 6.54 Å². The van der Waals surface area contributed by atoms with E-state index in [-0.39, 0.29) is 37.6 Å². The van der Waals surface area contributed by atoms with Crippen LogP contribution in [0.5, 0.6) is 0 Å². The molecular weight excluding hydrogens is 493 g/mol. The molecule has 2 unspecified atom stereocenters. The lowest BCUT2D eigenvalue weighted by atomic mass is 9.86. The van der Waals surface area contributed by atoms with Crippen LogP contribution in [-0.4, -0.2) is 55.1 Å². The zero-order valence-electron chi connectivity index (χ0n) is 22.5. The van der Waals surface area contributed by atoms with E-state index in [1.54, 1.807) is 6.07 Å². The predicted molar refractivity (Wildman–Crippen MR) is 137 cm³/mol. The normalized spacial score (nSPS) is 26.6. The number of carbonyl (C=O) groups is 1. The molecule has 1 amide bonds. The summed E-state index contributed by atoms with van der Waals surface area (Å²) >= 11 is 0. The SMILES string of the molecule is Cc1nnc(C(C)C)n1C1CC2CCC(C1)N2CC[C@H](NC(=O)C1CCC(F)(F)CC1)c1ccc(F)nc1. The van der Waals surface area contributed by atoms with E-state index in [0.717, 1.165) is 49.4 Å². The fourth-order valence-electron chi connectivity index (χ4n) is 6.84. The Morgan fingerprint density at radius 1 is 1.08 bits per heavy atom. The molecule has 0 aromatic carbocycles. The van der Waals surface area contributed by atoms with Gasteiger partial charge in [-0.05, 0) is 63.5 Å². The second kappa shape index (κ2) is 10.9. The van der Waals surface area contributed by atoms with Gasteiger partial charge in [0.05, 0.1) is 6.04 Å². The number of rotatable bonds is 8. The third kappa shape index (κ3) is 5.75. The number of hydrogen-bond acceptors (Lipinski definition) is 5. The first kappa shape index (κ1) is 27.1. The van der Waals surface area contributed by atoms with Crippen LogP contribution >= 0.6 is 0 Å². The maximum Gasteiger partial charge on any atom is 0.248 e. The predicted octanol–water partition coefficient (Wildman–Crippen LogP) is 5.49. The molecule has 1 saturated carbocycles. The van der Waals surface area contributed by atoms with E-state index in [2.05, 4.69) is 43.8 Å². The molecule has 7 nitrogen and oxygen atoms in total. The number of nitrogens with zero attached hydrogens (tertiary/aromatic N) is 5. The first-order valence-corrected chi connectivity index (χ1v) is 14.1. The Bertz CT molecular complexity index is 1100. The van der Waals surface area contributed by atoms with Crippen LogP contribution in [0.4, 0.5) is 13.2 Å². The summed E-state index contributed by atoms with van der Waals surface area (Å²) < 4.78 is 43.1. The van der Waals surface area contributed by atoms with Crippen molar-refractivity contribution in [2.45, 2.75) is 115 Å². The smallest absolute Gasteiger partial charge is 0.248 e. The van der Waals surface area contributed by atoms with Crippen LogP contribution in [0, 0.1) is 18.8 Å². The largest absolute Gasteiger partial charge is 0.349 e. The number of amides is 1. The highest BCUT2D eigenvalue weighted by atomic mass is 19.3. The monoisotopic (exact) mass is 532 g/mol. The van der Waals surface area contributed by atoms with Crippen molar-refractivity contribution in [3.8, 4) is 0 Å². The molecule has 208 valence electrons. The van der Waals surface area contributed by atoms with Crippen LogP contribution in [0.2, 0.25) is 0 Å².